The average molecular weight is 355 g/mol. The van der Waals surface area contributed by atoms with Crippen LogP contribution in [0.1, 0.15) is 19.4 Å². The van der Waals surface area contributed by atoms with E-state index in [1.165, 1.54) is 6.07 Å². The molecule has 1 aromatic carbocycles. The van der Waals surface area contributed by atoms with Crippen molar-refractivity contribution in [3.8, 4) is 0 Å². The molecule has 0 aliphatic carbocycles. The normalized spacial score (nSPS) is 13.4. The van der Waals surface area contributed by atoms with Gasteiger partial charge in [-0.25, -0.2) is 26.3 Å². The molecule has 0 unspecified atom stereocenters. The molecule has 9 heteroatoms. The van der Waals surface area contributed by atoms with Crippen LogP contribution in [-0.2, 0) is 20.0 Å². The van der Waals surface area contributed by atoms with Crippen LogP contribution in [0.15, 0.2) is 23.1 Å². The van der Waals surface area contributed by atoms with Crippen LogP contribution in [0.5, 0.6) is 0 Å². The van der Waals surface area contributed by atoms with E-state index < -0.39 is 25.6 Å². The van der Waals surface area contributed by atoms with Gasteiger partial charge in [-0.1, -0.05) is 17.7 Å². The third kappa shape index (κ3) is 5.91. The van der Waals surface area contributed by atoms with E-state index in [0.29, 0.717) is 0 Å². The maximum atomic E-state index is 12.2. The third-order valence-corrected chi connectivity index (χ3v) is 5.35. The molecule has 0 radical (unpaired) electrons. The Kier molecular flexibility index (Phi) is 5.44. The molecule has 0 aromatic heterocycles. The van der Waals surface area contributed by atoms with Gasteiger partial charge in [0.05, 0.1) is 11.3 Å². The number of nitrogens with one attached hydrogen (secondary N) is 2. The van der Waals surface area contributed by atoms with Crippen LogP contribution in [0, 0.1) is 6.92 Å². The van der Waals surface area contributed by atoms with Gasteiger partial charge in [-0.15, -0.1) is 0 Å². The first-order valence-corrected chi connectivity index (χ1v) is 9.82. The predicted molar refractivity (Wildman–Crippen MR) is 83.4 cm³/mol. The molecular weight excluding hydrogens is 336 g/mol. The Morgan fingerprint density at radius 2 is 1.76 bits per heavy atom. The Morgan fingerprint density at radius 3 is 2.24 bits per heavy atom. The standard InChI is InChI=1S/C12H19ClN2O4S2/c1-9-5-6-11(10(13)7-9)21(18,19)14-8-12(2,3)15-20(4,16)17/h5-7,14-15H,8H2,1-4H3. The van der Waals surface area contributed by atoms with Crippen LogP contribution in [0.2, 0.25) is 5.02 Å². The van der Waals surface area contributed by atoms with Gasteiger partial charge in [0.15, 0.2) is 0 Å². The molecule has 1 rings (SSSR count). The minimum Gasteiger partial charge on any atom is -0.213 e. The fraction of sp³-hybridized carbons (Fsp3) is 0.500. The number of benzene rings is 1. The number of halogens is 1. The minimum absolute atomic E-state index is 0.0371. The highest BCUT2D eigenvalue weighted by Crippen LogP contribution is 2.22. The van der Waals surface area contributed by atoms with Crippen molar-refractivity contribution in [2.45, 2.75) is 31.2 Å². The summed E-state index contributed by atoms with van der Waals surface area (Å²) < 4.78 is 51.6. The molecule has 0 aliphatic heterocycles. The van der Waals surface area contributed by atoms with Gasteiger partial charge in [-0.05, 0) is 38.5 Å². The second-order valence-corrected chi connectivity index (χ2v) is 9.41. The van der Waals surface area contributed by atoms with E-state index in [4.69, 9.17) is 11.6 Å². The highest BCUT2D eigenvalue weighted by Gasteiger charge is 2.26. The first-order chi connectivity index (χ1) is 9.32. The lowest BCUT2D eigenvalue weighted by Crippen LogP contribution is -2.50. The van der Waals surface area contributed by atoms with Crippen LogP contribution >= 0.6 is 11.6 Å². The van der Waals surface area contributed by atoms with E-state index in [2.05, 4.69) is 9.44 Å². The van der Waals surface area contributed by atoms with Crippen molar-refractivity contribution in [1.82, 2.24) is 9.44 Å². The van der Waals surface area contributed by atoms with Crippen molar-refractivity contribution in [3.63, 3.8) is 0 Å². The van der Waals surface area contributed by atoms with Crippen molar-refractivity contribution in [3.05, 3.63) is 28.8 Å². The summed E-state index contributed by atoms with van der Waals surface area (Å²) in [6.07, 6.45) is 1.01. The summed E-state index contributed by atoms with van der Waals surface area (Å²) in [4.78, 5) is -0.0371. The summed E-state index contributed by atoms with van der Waals surface area (Å²) in [5.74, 6) is 0. The van der Waals surface area contributed by atoms with Crippen molar-refractivity contribution in [1.29, 1.82) is 0 Å². The van der Waals surface area contributed by atoms with Crippen LogP contribution in [-0.4, -0.2) is 35.2 Å². The number of aryl methyl sites for hydroxylation is 1. The molecule has 0 bridgehead atoms. The number of rotatable bonds is 6. The van der Waals surface area contributed by atoms with Crippen LogP contribution in [0.25, 0.3) is 0 Å². The predicted octanol–water partition coefficient (Wildman–Crippen LogP) is 1.25. The molecule has 0 fully saturated rings. The summed E-state index contributed by atoms with van der Waals surface area (Å²) >= 11 is 5.94. The van der Waals surface area contributed by atoms with Crippen molar-refractivity contribution >= 4 is 31.6 Å². The minimum atomic E-state index is -3.81. The molecule has 1 aromatic rings. The van der Waals surface area contributed by atoms with Crippen LogP contribution in [0.4, 0.5) is 0 Å². The van der Waals surface area contributed by atoms with E-state index >= 15 is 0 Å². The van der Waals surface area contributed by atoms with E-state index in [-0.39, 0.29) is 16.5 Å². The topological polar surface area (TPSA) is 92.3 Å². The number of hydrogen-bond donors (Lipinski definition) is 2. The second kappa shape index (κ2) is 6.21. The Labute approximate surface area is 131 Å². The smallest absolute Gasteiger partial charge is 0.213 e. The molecule has 0 spiro atoms. The Balaban J connectivity index is 2.91. The van der Waals surface area contributed by atoms with Gasteiger partial charge >= 0.3 is 0 Å². The molecule has 2 N–H and O–H groups in total. The molecule has 0 atom stereocenters. The molecule has 0 heterocycles. The molecule has 120 valence electrons. The summed E-state index contributed by atoms with van der Waals surface area (Å²) in [5, 5.41) is 0.122. The second-order valence-electron chi connectivity index (χ2n) is 5.52. The quantitative estimate of drug-likeness (QED) is 0.804. The zero-order chi connectivity index (χ0) is 16.5. The fourth-order valence-corrected chi connectivity index (χ4v) is 4.60. The summed E-state index contributed by atoms with van der Waals surface area (Å²) in [6, 6.07) is 4.60. The molecule has 0 aliphatic rings. The summed E-state index contributed by atoms with van der Waals surface area (Å²) in [5.41, 5.74) is -0.115. The highest BCUT2D eigenvalue weighted by atomic mass is 35.5. The van der Waals surface area contributed by atoms with Crippen molar-refractivity contribution < 1.29 is 16.8 Å². The lowest BCUT2D eigenvalue weighted by molar-refractivity contribution is 0.446. The first kappa shape index (κ1) is 18.4. The molecular formula is C12H19ClN2O4S2. The lowest BCUT2D eigenvalue weighted by atomic mass is 10.1. The van der Waals surface area contributed by atoms with Crippen molar-refractivity contribution in [2.75, 3.05) is 12.8 Å². The Morgan fingerprint density at radius 1 is 1.19 bits per heavy atom. The van der Waals surface area contributed by atoms with E-state index in [9.17, 15) is 16.8 Å². The lowest BCUT2D eigenvalue weighted by Gasteiger charge is -2.25. The Bertz CT molecular complexity index is 728. The van der Waals surface area contributed by atoms with Gasteiger partial charge in [0.25, 0.3) is 0 Å². The fourth-order valence-electron chi connectivity index (χ4n) is 1.71. The third-order valence-electron chi connectivity index (χ3n) is 2.54. The monoisotopic (exact) mass is 354 g/mol. The number of hydrogen-bond acceptors (Lipinski definition) is 4. The summed E-state index contributed by atoms with van der Waals surface area (Å²) in [7, 11) is -7.25. The van der Waals surface area contributed by atoms with Crippen LogP contribution in [0.3, 0.4) is 0 Å². The Hall–Kier alpha value is -0.670. The number of sulfonamides is 2. The van der Waals surface area contributed by atoms with Gasteiger partial charge in [0, 0.05) is 12.1 Å². The maximum Gasteiger partial charge on any atom is 0.242 e. The van der Waals surface area contributed by atoms with E-state index in [1.807, 2.05) is 0 Å². The zero-order valence-electron chi connectivity index (χ0n) is 12.3. The SMILES string of the molecule is Cc1ccc(S(=O)(=O)NCC(C)(C)NS(C)(=O)=O)c(Cl)c1. The molecule has 0 amide bonds. The van der Waals surface area contributed by atoms with Gasteiger partial charge in [0.1, 0.15) is 4.90 Å². The maximum absolute atomic E-state index is 12.2. The average Bonchev–Trinajstić information content (AvgIpc) is 2.23. The van der Waals surface area contributed by atoms with Gasteiger partial charge < -0.3 is 0 Å². The van der Waals surface area contributed by atoms with E-state index in [0.717, 1.165) is 11.8 Å². The molecule has 0 saturated heterocycles. The van der Waals surface area contributed by atoms with Crippen LogP contribution < -0.4 is 9.44 Å². The zero-order valence-corrected chi connectivity index (χ0v) is 14.7. The first-order valence-electron chi connectivity index (χ1n) is 6.07. The van der Waals surface area contributed by atoms with Crippen molar-refractivity contribution in [2.24, 2.45) is 0 Å². The molecule has 21 heavy (non-hydrogen) atoms. The highest BCUT2D eigenvalue weighted by molar-refractivity contribution is 7.89. The van der Waals surface area contributed by atoms with Gasteiger partial charge in [-0.3, -0.25) is 0 Å². The summed E-state index contributed by atoms with van der Waals surface area (Å²) in [6.45, 7) is 4.85. The largest absolute Gasteiger partial charge is 0.242 e. The molecule has 0 saturated carbocycles. The molecule has 6 nitrogen and oxygen atoms in total. The van der Waals surface area contributed by atoms with E-state index in [1.54, 1.807) is 32.9 Å². The van der Waals surface area contributed by atoms with Gasteiger partial charge in [-0.2, -0.15) is 0 Å². The van der Waals surface area contributed by atoms with Gasteiger partial charge in [0.2, 0.25) is 20.0 Å².